The quantitative estimate of drug-likeness (QED) is 0.454. The summed E-state index contributed by atoms with van der Waals surface area (Å²) >= 11 is 1.70. The van der Waals surface area contributed by atoms with E-state index >= 15 is 0 Å². The maximum absolute atomic E-state index is 2.50. The Morgan fingerprint density at radius 3 is 2.18 bits per heavy atom. The molecule has 0 spiro atoms. The van der Waals surface area contributed by atoms with Gasteiger partial charge in [-0.3, -0.25) is 0 Å². The van der Waals surface area contributed by atoms with E-state index in [1.165, 1.54) is 5.57 Å². The van der Waals surface area contributed by atoms with Crippen LogP contribution in [0.3, 0.4) is 0 Å². The minimum absolute atomic E-state index is 0. The summed E-state index contributed by atoms with van der Waals surface area (Å²) < 4.78 is 0.883. The zero-order valence-corrected chi connectivity index (χ0v) is 13.7. The molecule has 0 aromatic rings. The van der Waals surface area contributed by atoms with Gasteiger partial charge < -0.3 is 24.8 Å². The largest absolute Gasteiger partial charge is 1.00 e. The Balaban J connectivity index is 0.000000722. The van der Waals surface area contributed by atoms with Crippen LogP contribution in [-0.4, -0.2) is 0 Å². The molecule has 3 heteroatoms. The van der Waals surface area contributed by atoms with Crippen LogP contribution in [0.25, 0.3) is 0 Å². The molecule has 0 aromatic carbocycles. The van der Waals surface area contributed by atoms with Crippen molar-refractivity contribution in [3.63, 3.8) is 0 Å². The summed E-state index contributed by atoms with van der Waals surface area (Å²) in [7, 11) is 0. The third-order valence-electron chi connectivity index (χ3n) is 3.98. The van der Waals surface area contributed by atoms with E-state index in [1.54, 1.807) is 24.7 Å². The molecule has 1 saturated carbocycles. The van der Waals surface area contributed by atoms with Crippen LogP contribution >= 0.6 is 0 Å². The maximum Gasteiger partial charge on any atom is -1.00 e. The van der Waals surface area contributed by atoms with Crippen molar-refractivity contribution in [2.45, 2.75) is 10.5 Å². The molecule has 5 atom stereocenters. The van der Waals surface area contributed by atoms with Crippen LogP contribution in [0.15, 0.2) is 48.1 Å². The molecular weight excluding hydrogens is 330 g/mol. The monoisotopic (exact) mass is 343 g/mol. The molecule has 0 saturated heterocycles. The first-order valence-electron chi connectivity index (χ1n) is 5.70. The Labute approximate surface area is 131 Å². The van der Waals surface area contributed by atoms with Crippen LogP contribution in [0.5, 0.6) is 0 Å². The molecule has 3 aliphatic rings. The van der Waals surface area contributed by atoms with Crippen LogP contribution in [0.4, 0.5) is 0 Å². The second-order valence-corrected chi connectivity index (χ2v) is 6.51. The van der Waals surface area contributed by atoms with E-state index in [2.05, 4.69) is 49.5 Å². The minimum Gasteiger partial charge on any atom is -1.00 e. The molecular formula is C14H15Cl2Zr. The average Bonchev–Trinajstić information content (AvgIpc) is 2.54. The zero-order chi connectivity index (χ0) is 10.4. The van der Waals surface area contributed by atoms with Crippen molar-refractivity contribution in [2.24, 2.45) is 23.7 Å². The predicted molar refractivity (Wildman–Crippen MR) is 58.9 cm³/mol. The van der Waals surface area contributed by atoms with Crippen molar-refractivity contribution in [3.05, 3.63) is 48.1 Å². The third-order valence-corrected chi connectivity index (χ3v) is 5.87. The molecule has 3 rings (SSSR count). The predicted octanol–water partition coefficient (Wildman–Crippen LogP) is -2.55. The molecule has 0 aliphatic heterocycles. The first-order valence-corrected chi connectivity index (χ1v) is 7.12. The van der Waals surface area contributed by atoms with Crippen LogP contribution in [0.1, 0.15) is 6.92 Å². The Morgan fingerprint density at radius 2 is 1.47 bits per heavy atom. The summed E-state index contributed by atoms with van der Waals surface area (Å²) in [5.41, 5.74) is 1.45. The maximum atomic E-state index is 2.50. The van der Waals surface area contributed by atoms with Crippen LogP contribution in [0, 0.1) is 23.7 Å². The van der Waals surface area contributed by atoms with Gasteiger partial charge in [0.25, 0.3) is 0 Å². The fourth-order valence-corrected chi connectivity index (χ4v) is 4.83. The van der Waals surface area contributed by atoms with Gasteiger partial charge in [0.1, 0.15) is 0 Å². The normalized spacial score (nSPS) is 40.9. The van der Waals surface area contributed by atoms with Gasteiger partial charge in [0, 0.05) is 0 Å². The molecule has 1 fully saturated rings. The van der Waals surface area contributed by atoms with E-state index in [1.807, 2.05) is 0 Å². The summed E-state index contributed by atoms with van der Waals surface area (Å²) in [6.07, 6.45) is 16.6. The van der Waals surface area contributed by atoms with Gasteiger partial charge in [0.05, 0.1) is 0 Å². The minimum atomic E-state index is 0. The standard InChI is InChI=1S/C14H15.2ClH.Zr/c1-10-6-7-14-12(8-10)9-11-4-2-3-5-13(11)14;;;/h2-9,11-14H,1H3;2*1H;/q;;;+2/p-2. The van der Waals surface area contributed by atoms with E-state index in [0.717, 1.165) is 27.3 Å². The summed E-state index contributed by atoms with van der Waals surface area (Å²) in [6.45, 7) is 2.23. The molecule has 0 amide bonds. The summed E-state index contributed by atoms with van der Waals surface area (Å²) in [6, 6.07) is 0. The summed E-state index contributed by atoms with van der Waals surface area (Å²) in [4.78, 5) is 0. The fraction of sp³-hybridized carbons (Fsp3) is 0.429. The third kappa shape index (κ3) is 2.58. The van der Waals surface area contributed by atoms with Crippen molar-refractivity contribution < 1.29 is 49.5 Å². The van der Waals surface area contributed by atoms with Gasteiger partial charge in [-0.25, -0.2) is 0 Å². The number of fused-ring (bicyclic) bond motifs is 3. The van der Waals surface area contributed by atoms with Crippen molar-refractivity contribution in [3.8, 4) is 0 Å². The molecule has 0 radical (unpaired) electrons. The van der Waals surface area contributed by atoms with Gasteiger partial charge in [0.2, 0.25) is 0 Å². The number of allylic oxidation sites excluding steroid dienone is 8. The number of rotatable bonds is 0. The zero-order valence-electron chi connectivity index (χ0n) is 9.68. The van der Waals surface area contributed by atoms with Crippen molar-refractivity contribution in [1.82, 2.24) is 0 Å². The van der Waals surface area contributed by atoms with Gasteiger partial charge in [-0.1, -0.05) is 0 Å². The van der Waals surface area contributed by atoms with Crippen LogP contribution in [-0.2, 0) is 24.7 Å². The van der Waals surface area contributed by atoms with Gasteiger partial charge >= 0.3 is 107 Å². The molecule has 0 aromatic heterocycles. The van der Waals surface area contributed by atoms with E-state index in [9.17, 15) is 0 Å². The van der Waals surface area contributed by atoms with Gasteiger partial charge in [-0.2, -0.15) is 0 Å². The second kappa shape index (κ2) is 6.04. The number of hydrogen-bond acceptors (Lipinski definition) is 0. The summed E-state index contributed by atoms with van der Waals surface area (Å²) in [5, 5.41) is 0. The molecule has 3 aliphatic carbocycles. The molecule has 5 unspecified atom stereocenters. The van der Waals surface area contributed by atoms with Gasteiger partial charge in [-0.15, -0.1) is 0 Å². The number of halogens is 2. The summed E-state index contributed by atoms with van der Waals surface area (Å²) in [5.74, 6) is 3.14. The first-order chi connectivity index (χ1) is 7.27. The smallest absolute Gasteiger partial charge is 1.00 e. The molecule has 17 heavy (non-hydrogen) atoms. The molecule has 0 bridgehead atoms. The van der Waals surface area contributed by atoms with E-state index < -0.39 is 0 Å². The molecule has 0 nitrogen and oxygen atoms in total. The second-order valence-electron chi connectivity index (χ2n) is 4.87. The topological polar surface area (TPSA) is 0 Å². The Hall–Kier alpha value is 0.423. The van der Waals surface area contributed by atoms with Crippen LogP contribution < -0.4 is 24.8 Å². The van der Waals surface area contributed by atoms with Crippen molar-refractivity contribution >= 4 is 0 Å². The van der Waals surface area contributed by atoms with E-state index in [4.69, 9.17) is 0 Å². The molecule has 89 valence electrons. The van der Waals surface area contributed by atoms with Crippen molar-refractivity contribution in [2.75, 3.05) is 0 Å². The van der Waals surface area contributed by atoms with Crippen LogP contribution in [0.2, 0.25) is 3.63 Å². The SMILES string of the molecule is CC1=CC2[CH]([Zr+2])C3C=CC=CC3C2C=C1.[Cl-].[Cl-]. The van der Waals surface area contributed by atoms with E-state index in [-0.39, 0.29) is 24.8 Å². The van der Waals surface area contributed by atoms with Gasteiger partial charge in [-0.05, 0) is 0 Å². The Bertz CT molecular complexity index is 395. The van der Waals surface area contributed by atoms with E-state index in [0.29, 0.717) is 0 Å². The first kappa shape index (κ1) is 15.5. The molecule has 0 N–H and O–H groups in total. The average molecular weight is 345 g/mol. The Kier molecular flexibility index (Phi) is 5.50. The Morgan fingerprint density at radius 1 is 0.882 bits per heavy atom. The fourth-order valence-electron chi connectivity index (χ4n) is 3.23. The number of hydrogen-bond donors (Lipinski definition) is 0. The van der Waals surface area contributed by atoms with Gasteiger partial charge in [0.15, 0.2) is 0 Å². The molecule has 0 heterocycles. The van der Waals surface area contributed by atoms with Crippen molar-refractivity contribution in [1.29, 1.82) is 0 Å².